The van der Waals surface area contributed by atoms with Crippen molar-refractivity contribution in [1.29, 1.82) is 0 Å². The lowest BCUT2D eigenvalue weighted by Crippen LogP contribution is -2.43. The van der Waals surface area contributed by atoms with Gasteiger partial charge in [-0.25, -0.2) is 9.59 Å². The fraction of sp³-hybridized carbons (Fsp3) is 0.733. The molecular formula is C15H16F10O8. The SMILES string of the molecule is CCOC(=O)C(C=O)OCC(F)(F)C(F)(F)F.COC(=O)C(C=O)OCC(F)(F)C(F)(F)F. The minimum Gasteiger partial charge on any atom is -0.467 e. The van der Waals surface area contributed by atoms with Gasteiger partial charge in [-0.2, -0.15) is 43.9 Å². The highest BCUT2D eigenvalue weighted by Gasteiger charge is 2.58. The van der Waals surface area contributed by atoms with E-state index >= 15 is 0 Å². The Labute approximate surface area is 178 Å². The standard InChI is InChI=1S/C8H9F5O4.C7H7F5O4/c1-2-16-6(15)5(3-14)17-4-7(9,10)8(11,12)13;1-15-5(14)4(2-13)16-3-6(8,9)7(10,11)12/h3,5H,2,4H2,1H3;2,4H,3H2,1H3. The van der Waals surface area contributed by atoms with Gasteiger partial charge in [0.2, 0.25) is 12.2 Å². The molecule has 2 unspecified atom stereocenters. The lowest BCUT2D eigenvalue weighted by atomic mass is 10.3. The van der Waals surface area contributed by atoms with E-state index in [1.807, 2.05) is 0 Å². The molecule has 0 saturated carbocycles. The Morgan fingerprint density at radius 2 is 1.06 bits per heavy atom. The van der Waals surface area contributed by atoms with Gasteiger partial charge in [0.1, 0.15) is 13.2 Å². The van der Waals surface area contributed by atoms with Crippen LogP contribution in [0.1, 0.15) is 6.92 Å². The molecule has 0 aromatic heterocycles. The second-order valence-electron chi connectivity index (χ2n) is 5.41. The number of rotatable bonds is 11. The predicted molar refractivity (Wildman–Crippen MR) is 82.3 cm³/mol. The summed E-state index contributed by atoms with van der Waals surface area (Å²) in [5.74, 6) is -12.9. The van der Waals surface area contributed by atoms with Gasteiger partial charge >= 0.3 is 36.1 Å². The van der Waals surface area contributed by atoms with Crippen molar-refractivity contribution in [3.63, 3.8) is 0 Å². The Morgan fingerprint density at radius 3 is 1.30 bits per heavy atom. The molecule has 0 fully saturated rings. The van der Waals surface area contributed by atoms with E-state index in [1.165, 1.54) is 6.92 Å². The third-order valence-corrected chi connectivity index (χ3v) is 2.92. The molecule has 0 aromatic rings. The van der Waals surface area contributed by atoms with Crippen LogP contribution in [-0.4, -0.2) is 87.8 Å². The monoisotopic (exact) mass is 514 g/mol. The summed E-state index contributed by atoms with van der Waals surface area (Å²) in [6, 6.07) is 0. The van der Waals surface area contributed by atoms with Crippen LogP contribution >= 0.6 is 0 Å². The van der Waals surface area contributed by atoms with Crippen LogP contribution in [-0.2, 0) is 38.1 Å². The summed E-state index contributed by atoms with van der Waals surface area (Å²) >= 11 is 0. The van der Waals surface area contributed by atoms with Crippen LogP contribution in [0, 0.1) is 0 Å². The molecule has 0 radical (unpaired) electrons. The smallest absolute Gasteiger partial charge is 0.455 e. The first-order valence-corrected chi connectivity index (χ1v) is 8.08. The molecule has 18 heteroatoms. The molecule has 0 aliphatic carbocycles. The Balaban J connectivity index is 0. The van der Waals surface area contributed by atoms with Crippen molar-refractivity contribution in [3.05, 3.63) is 0 Å². The molecule has 0 N–H and O–H groups in total. The average Bonchev–Trinajstić information content (AvgIpc) is 2.67. The Hall–Kier alpha value is -2.50. The number of carbonyl (C=O) groups is 4. The van der Waals surface area contributed by atoms with Gasteiger partial charge in [0, 0.05) is 0 Å². The van der Waals surface area contributed by atoms with Crippen molar-refractivity contribution >= 4 is 24.5 Å². The number of carbonyl (C=O) groups excluding carboxylic acids is 4. The predicted octanol–water partition coefficient (Wildman–Crippen LogP) is 2.27. The summed E-state index contributed by atoms with van der Waals surface area (Å²) in [5.41, 5.74) is 0. The number of alkyl halides is 10. The van der Waals surface area contributed by atoms with Gasteiger partial charge < -0.3 is 18.9 Å². The number of hydrogen-bond acceptors (Lipinski definition) is 8. The number of methoxy groups -OCH3 is 1. The molecule has 0 rings (SSSR count). The van der Waals surface area contributed by atoms with Gasteiger partial charge in [-0.05, 0) is 6.92 Å². The van der Waals surface area contributed by atoms with Crippen LogP contribution in [0.3, 0.4) is 0 Å². The second kappa shape index (κ2) is 13.3. The minimum atomic E-state index is -5.81. The molecule has 0 aromatic carbocycles. The fourth-order valence-electron chi connectivity index (χ4n) is 1.22. The first-order chi connectivity index (χ1) is 14.8. The Bertz CT molecular complexity index is 648. The first-order valence-electron chi connectivity index (χ1n) is 8.08. The summed E-state index contributed by atoms with van der Waals surface area (Å²) < 4.78 is 135. The number of aldehydes is 2. The van der Waals surface area contributed by atoms with E-state index in [0.717, 1.165) is 7.11 Å². The maximum Gasteiger partial charge on any atom is 0.455 e. The first kappa shape index (κ1) is 32.7. The normalized spacial score (nSPS) is 14.3. The van der Waals surface area contributed by atoms with E-state index in [-0.39, 0.29) is 19.2 Å². The molecule has 0 aliphatic heterocycles. The third kappa shape index (κ3) is 11.3. The van der Waals surface area contributed by atoms with Crippen LogP contribution in [0.15, 0.2) is 0 Å². The van der Waals surface area contributed by atoms with Crippen molar-refractivity contribution in [2.45, 2.75) is 43.3 Å². The zero-order valence-electron chi connectivity index (χ0n) is 16.5. The molecule has 0 heterocycles. The van der Waals surface area contributed by atoms with E-state index in [2.05, 4.69) is 18.9 Å². The van der Waals surface area contributed by atoms with E-state index in [1.54, 1.807) is 0 Å². The molecule has 8 nitrogen and oxygen atoms in total. The number of ether oxygens (including phenoxy) is 4. The molecular weight excluding hydrogens is 498 g/mol. The molecule has 2 atom stereocenters. The van der Waals surface area contributed by atoms with Crippen LogP contribution < -0.4 is 0 Å². The highest BCUT2D eigenvalue weighted by atomic mass is 19.4. The van der Waals surface area contributed by atoms with E-state index in [4.69, 9.17) is 0 Å². The van der Waals surface area contributed by atoms with Gasteiger partial charge in [0.15, 0.2) is 12.6 Å². The van der Waals surface area contributed by atoms with Crippen LogP contribution in [0.4, 0.5) is 43.9 Å². The maximum atomic E-state index is 12.4. The summed E-state index contributed by atoms with van der Waals surface area (Å²) in [6.45, 7) is -3.06. The number of hydrogen-bond donors (Lipinski definition) is 0. The lowest BCUT2D eigenvalue weighted by molar-refractivity contribution is -0.298. The molecule has 0 bridgehead atoms. The summed E-state index contributed by atoms with van der Waals surface area (Å²) in [4.78, 5) is 41.8. The van der Waals surface area contributed by atoms with Crippen molar-refractivity contribution in [3.8, 4) is 0 Å². The van der Waals surface area contributed by atoms with E-state index in [0.29, 0.717) is 0 Å². The lowest BCUT2D eigenvalue weighted by Gasteiger charge is -2.20. The summed E-state index contributed by atoms with van der Waals surface area (Å²) in [5, 5.41) is 0. The molecule has 0 saturated heterocycles. The van der Waals surface area contributed by atoms with Crippen molar-refractivity contribution in [2.24, 2.45) is 0 Å². The summed E-state index contributed by atoms with van der Waals surface area (Å²) in [6.07, 6.45) is -16.3. The highest BCUT2D eigenvalue weighted by Crippen LogP contribution is 2.36. The largest absolute Gasteiger partial charge is 0.467 e. The minimum absolute atomic E-state index is 0.164. The second-order valence-corrected chi connectivity index (χ2v) is 5.41. The van der Waals surface area contributed by atoms with Crippen LogP contribution in [0.5, 0.6) is 0 Å². The Morgan fingerprint density at radius 1 is 0.727 bits per heavy atom. The molecule has 0 aliphatic rings. The number of halogens is 10. The maximum absolute atomic E-state index is 12.4. The van der Waals surface area contributed by atoms with Crippen LogP contribution in [0.2, 0.25) is 0 Å². The van der Waals surface area contributed by atoms with Crippen LogP contribution in [0.25, 0.3) is 0 Å². The van der Waals surface area contributed by atoms with Gasteiger partial charge in [-0.3, -0.25) is 9.59 Å². The molecule has 0 amide bonds. The van der Waals surface area contributed by atoms with Gasteiger partial charge in [-0.15, -0.1) is 0 Å². The molecule has 194 valence electrons. The molecule has 0 spiro atoms. The van der Waals surface area contributed by atoms with E-state index in [9.17, 15) is 63.1 Å². The quantitative estimate of drug-likeness (QED) is 0.179. The van der Waals surface area contributed by atoms with Gasteiger partial charge in [-0.1, -0.05) is 0 Å². The van der Waals surface area contributed by atoms with Crippen molar-refractivity contribution < 1.29 is 82.0 Å². The summed E-state index contributed by atoms with van der Waals surface area (Å²) in [7, 11) is 0.824. The Kier molecular flexibility index (Phi) is 13.1. The topological polar surface area (TPSA) is 105 Å². The highest BCUT2D eigenvalue weighted by molar-refractivity contribution is 5.91. The van der Waals surface area contributed by atoms with Gasteiger partial charge in [0.25, 0.3) is 0 Å². The molecule has 33 heavy (non-hydrogen) atoms. The van der Waals surface area contributed by atoms with E-state index < -0.39 is 61.6 Å². The van der Waals surface area contributed by atoms with Crippen molar-refractivity contribution in [1.82, 2.24) is 0 Å². The fourth-order valence-corrected chi connectivity index (χ4v) is 1.22. The number of esters is 2. The third-order valence-electron chi connectivity index (χ3n) is 2.92. The van der Waals surface area contributed by atoms with Gasteiger partial charge in [0.05, 0.1) is 13.7 Å². The zero-order valence-corrected chi connectivity index (χ0v) is 16.5. The van der Waals surface area contributed by atoms with Crippen molar-refractivity contribution in [2.75, 3.05) is 26.9 Å². The zero-order chi connectivity index (χ0) is 26.7. The average molecular weight is 514 g/mol.